The van der Waals surface area contributed by atoms with Crippen LogP contribution < -0.4 is 14.8 Å². The van der Waals surface area contributed by atoms with E-state index in [9.17, 15) is 9.59 Å². The lowest BCUT2D eigenvalue weighted by molar-refractivity contribution is -0.124. The number of hydrogen-bond donors (Lipinski definition) is 1. The molecule has 152 valence electrons. The fourth-order valence-electron chi connectivity index (χ4n) is 3.23. The van der Waals surface area contributed by atoms with Gasteiger partial charge in [-0.3, -0.25) is 4.79 Å². The number of benzene rings is 1. The third kappa shape index (κ3) is 4.85. The Kier molecular flexibility index (Phi) is 7.09. The SMILES string of the molecule is COc1ccc(CNC(=O)COC(=O)c2cc(C)n(C(C)C)c2C)cc1OC. The quantitative estimate of drug-likeness (QED) is 0.703. The van der Waals surface area contributed by atoms with Gasteiger partial charge >= 0.3 is 5.97 Å². The van der Waals surface area contributed by atoms with Crippen LogP contribution in [-0.2, 0) is 16.1 Å². The molecule has 0 aliphatic carbocycles. The molecule has 0 radical (unpaired) electrons. The second kappa shape index (κ2) is 9.30. The monoisotopic (exact) mass is 388 g/mol. The Morgan fingerprint density at radius 3 is 2.32 bits per heavy atom. The first kappa shape index (κ1) is 21.3. The lowest BCUT2D eigenvalue weighted by Gasteiger charge is -2.13. The van der Waals surface area contributed by atoms with Gasteiger partial charge in [-0.1, -0.05) is 6.07 Å². The summed E-state index contributed by atoms with van der Waals surface area (Å²) in [6, 6.07) is 7.41. The third-order valence-electron chi connectivity index (χ3n) is 4.49. The van der Waals surface area contributed by atoms with Crippen LogP contribution in [0.15, 0.2) is 24.3 Å². The summed E-state index contributed by atoms with van der Waals surface area (Å²) in [6.45, 7) is 7.88. The van der Waals surface area contributed by atoms with Crippen molar-refractivity contribution in [1.82, 2.24) is 9.88 Å². The summed E-state index contributed by atoms with van der Waals surface area (Å²) in [5.41, 5.74) is 3.15. The summed E-state index contributed by atoms with van der Waals surface area (Å²) in [5.74, 6) is 0.328. The molecular formula is C21H28N2O5. The van der Waals surface area contributed by atoms with Gasteiger partial charge in [0.1, 0.15) is 0 Å². The van der Waals surface area contributed by atoms with E-state index >= 15 is 0 Å². The molecule has 2 aromatic rings. The number of carbonyl (C=O) groups excluding carboxylic acids is 2. The van der Waals surface area contributed by atoms with E-state index in [0.717, 1.165) is 17.0 Å². The van der Waals surface area contributed by atoms with Crippen LogP contribution >= 0.6 is 0 Å². The van der Waals surface area contributed by atoms with E-state index in [1.807, 2.05) is 19.9 Å². The number of nitrogens with zero attached hydrogens (tertiary/aromatic N) is 1. The maximum atomic E-state index is 12.3. The number of nitrogens with one attached hydrogen (secondary N) is 1. The van der Waals surface area contributed by atoms with Crippen molar-refractivity contribution >= 4 is 11.9 Å². The van der Waals surface area contributed by atoms with Crippen molar-refractivity contribution in [1.29, 1.82) is 0 Å². The average Bonchev–Trinajstić information content (AvgIpc) is 2.98. The molecule has 0 saturated carbocycles. The Labute approximate surface area is 165 Å². The summed E-state index contributed by atoms with van der Waals surface area (Å²) in [6.07, 6.45) is 0. The van der Waals surface area contributed by atoms with E-state index in [-0.39, 0.29) is 18.6 Å². The highest BCUT2D eigenvalue weighted by Gasteiger charge is 2.19. The van der Waals surface area contributed by atoms with Crippen molar-refractivity contribution in [3.63, 3.8) is 0 Å². The first-order valence-corrected chi connectivity index (χ1v) is 9.11. The van der Waals surface area contributed by atoms with Crippen LogP contribution in [0.3, 0.4) is 0 Å². The first-order chi connectivity index (χ1) is 13.3. The van der Waals surface area contributed by atoms with Crippen molar-refractivity contribution in [3.8, 4) is 11.5 Å². The summed E-state index contributed by atoms with van der Waals surface area (Å²) in [4.78, 5) is 24.4. The largest absolute Gasteiger partial charge is 0.493 e. The van der Waals surface area contributed by atoms with E-state index < -0.39 is 5.97 Å². The molecule has 1 heterocycles. The van der Waals surface area contributed by atoms with Gasteiger partial charge in [-0.05, 0) is 51.5 Å². The molecule has 28 heavy (non-hydrogen) atoms. The molecule has 0 bridgehead atoms. The van der Waals surface area contributed by atoms with Crippen molar-refractivity contribution in [2.45, 2.75) is 40.3 Å². The van der Waals surface area contributed by atoms with Gasteiger partial charge < -0.3 is 24.1 Å². The number of aromatic nitrogens is 1. The fraction of sp³-hybridized carbons (Fsp3) is 0.429. The van der Waals surface area contributed by atoms with Gasteiger partial charge in [0.05, 0.1) is 19.8 Å². The highest BCUT2D eigenvalue weighted by atomic mass is 16.5. The maximum Gasteiger partial charge on any atom is 0.340 e. The van der Waals surface area contributed by atoms with Gasteiger partial charge in [0.25, 0.3) is 5.91 Å². The molecule has 0 saturated heterocycles. The van der Waals surface area contributed by atoms with Crippen LogP contribution in [0.1, 0.15) is 47.2 Å². The smallest absolute Gasteiger partial charge is 0.340 e. The van der Waals surface area contributed by atoms with E-state index in [2.05, 4.69) is 23.7 Å². The molecule has 1 aromatic carbocycles. The second-order valence-corrected chi connectivity index (χ2v) is 6.79. The lowest BCUT2D eigenvalue weighted by Crippen LogP contribution is -2.28. The Morgan fingerprint density at radius 1 is 1.07 bits per heavy atom. The average molecular weight is 388 g/mol. The molecule has 0 spiro atoms. The minimum Gasteiger partial charge on any atom is -0.493 e. The van der Waals surface area contributed by atoms with Gasteiger partial charge in [0, 0.05) is 24.0 Å². The summed E-state index contributed by atoms with van der Waals surface area (Å²) >= 11 is 0. The van der Waals surface area contributed by atoms with Crippen LogP contribution in [0.2, 0.25) is 0 Å². The Hall–Kier alpha value is -2.96. The minimum atomic E-state index is -0.499. The molecule has 1 amide bonds. The normalized spacial score (nSPS) is 10.7. The zero-order chi connectivity index (χ0) is 20.8. The highest BCUT2D eigenvalue weighted by molar-refractivity contribution is 5.92. The molecule has 0 aliphatic heterocycles. The van der Waals surface area contributed by atoms with Crippen molar-refractivity contribution in [2.75, 3.05) is 20.8 Å². The lowest BCUT2D eigenvalue weighted by atomic mass is 10.2. The van der Waals surface area contributed by atoms with Crippen LogP contribution in [0.25, 0.3) is 0 Å². The number of esters is 1. The van der Waals surface area contributed by atoms with E-state index in [0.29, 0.717) is 23.6 Å². The predicted molar refractivity (Wildman–Crippen MR) is 106 cm³/mol. The Bertz CT molecular complexity index is 855. The molecule has 2 rings (SSSR count). The van der Waals surface area contributed by atoms with E-state index in [4.69, 9.17) is 14.2 Å². The highest BCUT2D eigenvalue weighted by Crippen LogP contribution is 2.27. The van der Waals surface area contributed by atoms with E-state index in [1.165, 1.54) is 0 Å². The van der Waals surface area contributed by atoms with Crippen molar-refractivity contribution < 1.29 is 23.8 Å². The molecule has 7 heteroatoms. The number of amides is 1. The predicted octanol–water partition coefficient (Wildman–Crippen LogP) is 3.18. The van der Waals surface area contributed by atoms with Gasteiger partial charge in [0.2, 0.25) is 0 Å². The fourth-order valence-corrected chi connectivity index (χ4v) is 3.23. The number of hydrogen-bond acceptors (Lipinski definition) is 5. The summed E-state index contributed by atoms with van der Waals surface area (Å²) in [7, 11) is 3.11. The third-order valence-corrected chi connectivity index (χ3v) is 4.49. The first-order valence-electron chi connectivity index (χ1n) is 9.11. The molecule has 7 nitrogen and oxygen atoms in total. The van der Waals surface area contributed by atoms with E-state index in [1.54, 1.807) is 32.4 Å². The number of methoxy groups -OCH3 is 2. The maximum absolute atomic E-state index is 12.3. The van der Waals surface area contributed by atoms with Crippen molar-refractivity contribution in [2.24, 2.45) is 0 Å². The van der Waals surface area contributed by atoms with Crippen LogP contribution in [-0.4, -0.2) is 37.3 Å². The molecule has 0 fully saturated rings. The minimum absolute atomic E-state index is 0.242. The van der Waals surface area contributed by atoms with Crippen LogP contribution in [0.5, 0.6) is 11.5 Å². The number of ether oxygens (including phenoxy) is 3. The Balaban J connectivity index is 1.91. The molecule has 0 aliphatic rings. The zero-order valence-electron chi connectivity index (χ0n) is 17.3. The topological polar surface area (TPSA) is 78.8 Å². The van der Waals surface area contributed by atoms with Crippen LogP contribution in [0, 0.1) is 13.8 Å². The van der Waals surface area contributed by atoms with Gasteiger partial charge in [-0.15, -0.1) is 0 Å². The molecule has 1 aromatic heterocycles. The van der Waals surface area contributed by atoms with Gasteiger partial charge in [-0.25, -0.2) is 4.79 Å². The molecule has 1 N–H and O–H groups in total. The summed E-state index contributed by atoms with van der Waals surface area (Å²) < 4.78 is 17.7. The van der Waals surface area contributed by atoms with Crippen LogP contribution in [0.4, 0.5) is 0 Å². The molecule has 0 atom stereocenters. The number of aryl methyl sites for hydroxylation is 1. The zero-order valence-corrected chi connectivity index (χ0v) is 17.3. The summed E-state index contributed by atoms with van der Waals surface area (Å²) in [5, 5.41) is 2.73. The van der Waals surface area contributed by atoms with Gasteiger partial charge in [-0.2, -0.15) is 0 Å². The molecular weight excluding hydrogens is 360 g/mol. The molecule has 0 unspecified atom stereocenters. The second-order valence-electron chi connectivity index (χ2n) is 6.79. The van der Waals surface area contributed by atoms with Gasteiger partial charge in [0.15, 0.2) is 18.1 Å². The van der Waals surface area contributed by atoms with Crippen molar-refractivity contribution in [3.05, 3.63) is 46.8 Å². The standard InChI is InChI=1S/C21H28N2O5/c1-13(2)23-14(3)9-17(15(23)4)21(25)28-12-20(24)22-11-16-7-8-18(26-5)19(10-16)27-6/h7-10,13H,11-12H2,1-6H3,(H,22,24). The number of carbonyl (C=O) groups is 2. The number of rotatable bonds is 8. The Morgan fingerprint density at radius 2 is 1.75 bits per heavy atom.